The molecule has 2 aliphatic rings. The molecule has 1 aromatic rings. The van der Waals surface area contributed by atoms with E-state index in [0.717, 1.165) is 44.2 Å². The molecular formula is C19H24N4O2S. The first-order valence-electron chi connectivity index (χ1n) is 9.19. The zero-order valence-corrected chi connectivity index (χ0v) is 15.8. The maximum atomic E-state index is 12.6. The molecule has 0 radical (unpaired) electrons. The van der Waals surface area contributed by atoms with Crippen molar-refractivity contribution in [2.75, 3.05) is 19.3 Å². The van der Waals surface area contributed by atoms with Crippen molar-refractivity contribution in [1.29, 1.82) is 5.26 Å². The number of carbonyl (C=O) groups is 2. The summed E-state index contributed by atoms with van der Waals surface area (Å²) in [5.74, 6) is 0.336. The fraction of sp³-hybridized carbons (Fsp3) is 0.579. The van der Waals surface area contributed by atoms with Crippen molar-refractivity contribution in [2.24, 2.45) is 5.92 Å². The van der Waals surface area contributed by atoms with Crippen molar-refractivity contribution in [2.45, 2.75) is 49.5 Å². The number of nitriles is 1. The predicted octanol–water partition coefficient (Wildman–Crippen LogP) is 2.59. The topological polar surface area (TPSA) is 94.9 Å². The van der Waals surface area contributed by atoms with Crippen LogP contribution in [0, 0.1) is 17.2 Å². The van der Waals surface area contributed by atoms with E-state index in [1.54, 1.807) is 6.07 Å². The van der Waals surface area contributed by atoms with E-state index in [1.807, 2.05) is 6.26 Å². The van der Waals surface area contributed by atoms with Gasteiger partial charge in [0.25, 0.3) is 5.91 Å². The van der Waals surface area contributed by atoms with Gasteiger partial charge in [0.05, 0.1) is 11.1 Å². The van der Waals surface area contributed by atoms with Gasteiger partial charge in [-0.25, -0.2) is 4.98 Å². The molecule has 0 saturated heterocycles. The number of pyridine rings is 1. The Kier molecular flexibility index (Phi) is 6.15. The highest BCUT2D eigenvalue weighted by atomic mass is 32.2. The lowest BCUT2D eigenvalue weighted by atomic mass is 10.1. The normalized spacial score (nSPS) is 16.9. The van der Waals surface area contributed by atoms with Crippen LogP contribution < -0.4 is 10.6 Å². The molecule has 2 N–H and O–H groups in total. The molecule has 2 aliphatic carbocycles. The van der Waals surface area contributed by atoms with Gasteiger partial charge in [0.2, 0.25) is 5.91 Å². The summed E-state index contributed by atoms with van der Waals surface area (Å²) in [6.45, 7) is 0.747. The molecule has 6 nitrogen and oxygen atoms in total. The molecule has 0 aliphatic heterocycles. The third-order valence-electron chi connectivity index (χ3n) is 4.99. The minimum absolute atomic E-state index is 0.0825. The van der Waals surface area contributed by atoms with E-state index in [2.05, 4.69) is 21.7 Å². The molecule has 2 saturated carbocycles. The molecule has 0 spiro atoms. The van der Waals surface area contributed by atoms with E-state index < -0.39 is 0 Å². The Balaban J connectivity index is 1.59. The first kappa shape index (κ1) is 18.7. The van der Waals surface area contributed by atoms with E-state index in [9.17, 15) is 14.9 Å². The van der Waals surface area contributed by atoms with Crippen molar-refractivity contribution in [3.05, 3.63) is 22.9 Å². The molecule has 0 bridgehead atoms. The third-order valence-corrected chi connectivity index (χ3v) is 5.67. The molecule has 2 amide bonds. The molecule has 26 heavy (non-hydrogen) atoms. The second-order valence-electron chi connectivity index (χ2n) is 6.89. The monoisotopic (exact) mass is 372 g/mol. The Hall–Kier alpha value is -2.07. The molecule has 1 aromatic heterocycles. The first-order valence-corrected chi connectivity index (χ1v) is 10.4. The van der Waals surface area contributed by atoms with E-state index in [4.69, 9.17) is 0 Å². The first-order chi connectivity index (χ1) is 12.6. The summed E-state index contributed by atoms with van der Waals surface area (Å²) in [6.07, 6.45) is 8.19. The van der Waals surface area contributed by atoms with Crippen LogP contribution in [0.1, 0.15) is 66.1 Å². The Labute approximate surface area is 158 Å². The largest absolute Gasteiger partial charge is 0.354 e. The van der Waals surface area contributed by atoms with Crippen LogP contribution >= 0.6 is 11.8 Å². The maximum Gasteiger partial charge on any atom is 0.252 e. The van der Waals surface area contributed by atoms with E-state index in [1.165, 1.54) is 11.8 Å². The molecule has 1 heterocycles. The van der Waals surface area contributed by atoms with Crippen LogP contribution in [0.4, 0.5) is 0 Å². The van der Waals surface area contributed by atoms with Crippen molar-refractivity contribution >= 4 is 23.6 Å². The zero-order valence-electron chi connectivity index (χ0n) is 15.0. The number of rotatable bonds is 7. The average Bonchev–Trinajstić information content (AvgIpc) is 3.37. The van der Waals surface area contributed by atoms with Crippen molar-refractivity contribution in [3.8, 4) is 6.07 Å². The zero-order chi connectivity index (χ0) is 18.5. The minimum Gasteiger partial charge on any atom is -0.354 e. The molecule has 7 heteroatoms. The van der Waals surface area contributed by atoms with Gasteiger partial charge in [-0.05, 0) is 38.0 Å². The minimum atomic E-state index is -0.281. The van der Waals surface area contributed by atoms with Gasteiger partial charge in [-0.2, -0.15) is 5.26 Å². The number of carbonyl (C=O) groups excluding carboxylic acids is 2. The van der Waals surface area contributed by atoms with E-state index in [-0.39, 0.29) is 17.7 Å². The molecule has 3 rings (SSSR count). The molecule has 0 aromatic carbocycles. The Bertz CT molecular complexity index is 734. The molecule has 138 valence electrons. The SMILES string of the molecule is CSc1nc(C2CC2)cc(C(=O)NCCNC(=O)C2CCCC2)c1C#N. The van der Waals surface area contributed by atoms with Crippen LogP contribution in [0.5, 0.6) is 0 Å². The molecule has 0 atom stereocenters. The standard InChI is InChI=1S/C19H24N4O2S/c1-26-19-15(11-20)14(10-16(23-19)12-6-7-12)18(25)22-9-8-21-17(24)13-4-2-3-5-13/h10,12-13H,2-9H2,1H3,(H,21,24)(H,22,25). The summed E-state index contributed by atoms with van der Waals surface area (Å²) in [6, 6.07) is 3.87. The fourth-order valence-electron chi connectivity index (χ4n) is 3.35. The van der Waals surface area contributed by atoms with Crippen molar-refractivity contribution < 1.29 is 9.59 Å². The van der Waals surface area contributed by atoms with Gasteiger partial charge < -0.3 is 10.6 Å². The maximum absolute atomic E-state index is 12.6. The van der Waals surface area contributed by atoms with Crippen molar-refractivity contribution in [1.82, 2.24) is 15.6 Å². The highest BCUT2D eigenvalue weighted by Crippen LogP contribution is 2.40. The summed E-state index contributed by atoms with van der Waals surface area (Å²) < 4.78 is 0. The lowest BCUT2D eigenvalue weighted by Crippen LogP contribution is -2.37. The van der Waals surface area contributed by atoms with E-state index >= 15 is 0 Å². The number of nitrogens with one attached hydrogen (secondary N) is 2. The number of hydrogen-bond donors (Lipinski definition) is 2. The lowest BCUT2D eigenvalue weighted by molar-refractivity contribution is -0.124. The van der Waals surface area contributed by atoms with Gasteiger partial charge >= 0.3 is 0 Å². The number of nitrogens with zero attached hydrogens (tertiary/aromatic N) is 2. The van der Waals surface area contributed by atoms with Crippen LogP contribution in [-0.2, 0) is 4.79 Å². The summed E-state index contributed by atoms with van der Waals surface area (Å²) in [5, 5.41) is 15.8. The van der Waals surface area contributed by atoms with Crippen LogP contribution in [0.3, 0.4) is 0 Å². The Morgan fingerprint density at radius 2 is 1.92 bits per heavy atom. The fourth-order valence-corrected chi connectivity index (χ4v) is 3.91. The molecule has 2 fully saturated rings. The number of hydrogen-bond acceptors (Lipinski definition) is 5. The Morgan fingerprint density at radius 3 is 2.54 bits per heavy atom. The highest BCUT2D eigenvalue weighted by Gasteiger charge is 2.28. The van der Waals surface area contributed by atoms with Gasteiger partial charge in [-0.1, -0.05) is 12.8 Å². The second kappa shape index (κ2) is 8.54. The lowest BCUT2D eigenvalue weighted by Gasteiger charge is -2.12. The van der Waals surface area contributed by atoms with Crippen LogP contribution in [0.2, 0.25) is 0 Å². The number of aromatic nitrogens is 1. The van der Waals surface area contributed by atoms with Gasteiger partial charge in [0, 0.05) is 30.6 Å². The van der Waals surface area contributed by atoms with Gasteiger partial charge in [-0.15, -0.1) is 11.8 Å². The van der Waals surface area contributed by atoms with Gasteiger partial charge in [0.15, 0.2) is 0 Å². The Morgan fingerprint density at radius 1 is 1.23 bits per heavy atom. The smallest absolute Gasteiger partial charge is 0.252 e. The summed E-state index contributed by atoms with van der Waals surface area (Å²) >= 11 is 1.39. The summed E-state index contributed by atoms with van der Waals surface area (Å²) in [5.41, 5.74) is 1.61. The van der Waals surface area contributed by atoms with E-state index in [0.29, 0.717) is 35.2 Å². The van der Waals surface area contributed by atoms with Gasteiger partial charge in [0.1, 0.15) is 11.1 Å². The average molecular weight is 372 g/mol. The number of thioether (sulfide) groups is 1. The summed E-state index contributed by atoms with van der Waals surface area (Å²) in [4.78, 5) is 29.1. The quantitative estimate of drug-likeness (QED) is 0.567. The summed E-state index contributed by atoms with van der Waals surface area (Å²) in [7, 11) is 0. The van der Waals surface area contributed by atoms with Crippen LogP contribution in [0.15, 0.2) is 11.1 Å². The highest BCUT2D eigenvalue weighted by molar-refractivity contribution is 7.98. The second-order valence-corrected chi connectivity index (χ2v) is 7.69. The van der Waals surface area contributed by atoms with Crippen LogP contribution in [0.25, 0.3) is 0 Å². The third kappa shape index (κ3) is 4.36. The molecule has 0 unspecified atom stereocenters. The van der Waals surface area contributed by atoms with Crippen LogP contribution in [-0.4, -0.2) is 36.1 Å². The van der Waals surface area contributed by atoms with Gasteiger partial charge in [-0.3, -0.25) is 9.59 Å². The predicted molar refractivity (Wildman–Crippen MR) is 100 cm³/mol. The number of amides is 2. The van der Waals surface area contributed by atoms with Crippen molar-refractivity contribution in [3.63, 3.8) is 0 Å². The molecular weight excluding hydrogens is 348 g/mol.